The summed E-state index contributed by atoms with van der Waals surface area (Å²) in [7, 11) is 0. The van der Waals surface area contributed by atoms with Crippen molar-refractivity contribution in [2.75, 3.05) is 6.54 Å². The van der Waals surface area contributed by atoms with Gasteiger partial charge >= 0.3 is 0 Å². The predicted octanol–water partition coefficient (Wildman–Crippen LogP) is 1.21. The molecule has 0 fully saturated rings. The van der Waals surface area contributed by atoms with Gasteiger partial charge in [-0.05, 0) is 12.0 Å². The summed E-state index contributed by atoms with van der Waals surface area (Å²) in [6.07, 6.45) is 1.28. The second kappa shape index (κ2) is 3.81. The topological polar surface area (TPSA) is 26.0 Å². The van der Waals surface area contributed by atoms with Crippen molar-refractivity contribution in [3.8, 4) is 0 Å². The average molecular weight is 103 g/mol. The van der Waals surface area contributed by atoms with Crippen molar-refractivity contribution in [3.63, 3.8) is 0 Å². The van der Waals surface area contributed by atoms with Gasteiger partial charge in [-0.15, -0.1) is 0 Å². The number of nitrogens with two attached hydrogens (primary N) is 1. The third-order valence-corrected chi connectivity index (χ3v) is 0.871. The van der Waals surface area contributed by atoms with Gasteiger partial charge in [0, 0.05) is 6.54 Å². The van der Waals surface area contributed by atoms with E-state index in [0.29, 0.717) is 24.9 Å². The number of hydrogen-bond acceptors (Lipinski definition) is 1. The fourth-order valence-corrected chi connectivity index (χ4v) is 0.266. The normalized spacial score (nSPS) is 12.1. The van der Waals surface area contributed by atoms with Crippen LogP contribution in [0.3, 0.4) is 0 Å². The van der Waals surface area contributed by atoms with Gasteiger partial charge in [-0.2, -0.15) is 0 Å². The van der Waals surface area contributed by atoms with Crippen LogP contribution in [0.5, 0.6) is 0 Å². The van der Waals surface area contributed by atoms with Crippen LogP contribution >= 0.6 is 0 Å². The van der Waals surface area contributed by atoms with E-state index in [1.54, 1.807) is 0 Å². The molecule has 0 heterocycles. The Kier molecular flexibility index (Phi) is 3.61. The third-order valence-electron chi connectivity index (χ3n) is 0.871. The van der Waals surface area contributed by atoms with Gasteiger partial charge in [-0.3, -0.25) is 0 Å². The Morgan fingerprint density at radius 3 is 2.43 bits per heavy atom. The maximum atomic E-state index is 11.4. The predicted molar refractivity (Wildman–Crippen MR) is 28.5 cm³/mol. The van der Waals surface area contributed by atoms with Crippen molar-refractivity contribution < 1.29 is 4.39 Å². The molecule has 0 atom stereocenters. The van der Waals surface area contributed by atoms with Crippen LogP contribution in [0.4, 0.5) is 4.39 Å². The maximum absolute atomic E-state index is 11.4. The molecule has 0 aliphatic heterocycles. The Balaban J connectivity index is 3.38. The van der Waals surface area contributed by atoms with E-state index in [4.69, 9.17) is 5.73 Å². The largest absolute Gasteiger partial charge is 0.327 e. The van der Waals surface area contributed by atoms with Gasteiger partial charge in [-0.25, -0.2) is 4.39 Å². The van der Waals surface area contributed by atoms with Crippen LogP contribution in [0, 0.1) is 0 Å². The molecule has 0 aliphatic rings. The first-order valence-corrected chi connectivity index (χ1v) is 2.33. The van der Waals surface area contributed by atoms with E-state index in [-0.39, 0.29) is 0 Å². The summed E-state index contributed by atoms with van der Waals surface area (Å²) >= 11 is 0. The summed E-state index contributed by atoms with van der Waals surface area (Å²) in [6, 6.07) is 0. The molecule has 0 bridgehead atoms. The smallest absolute Gasteiger partial charge is 0.0871 e. The van der Waals surface area contributed by atoms with Gasteiger partial charge in [0.25, 0.3) is 0 Å². The van der Waals surface area contributed by atoms with E-state index < -0.39 is 0 Å². The zero-order valence-corrected chi connectivity index (χ0v) is 4.45. The zero-order valence-electron chi connectivity index (χ0n) is 4.45. The Hall–Kier alpha value is -0.370. The van der Waals surface area contributed by atoms with E-state index in [1.165, 1.54) is 0 Å². The molecule has 1 nitrogen and oxygen atoms in total. The highest BCUT2D eigenvalue weighted by molar-refractivity contribution is 4.97. The highest BCUT2D eigenvalue weighted by atomic mass is 19.1. The Labute approximate surface area is 43.0 Å². The fourth-order valence-electron chi connectivity index (χ4n) is 0.266. The minimum Gasteiger partial charge on any atom is -0.327 e. The minimum atomic E-state index is 0.340. The molecular weight excluding hydrogens is 93.1 g/mol. The molecule has 0 saturated carbocycles. The van der Waals surface area contributed by atoms with Crippen LogP contribution in [0.25, 0.3) is 0 Å². The number of halogens is 1. The summed E-state index contributed by atoms with van der Waals surface area (Å²) in [5, 5.41) is 0. The quantitative estimate of drug-likeness (QED) is 0.558. The molecule has 0 saturated heterocycles. The molecular formula is C5H10FN. The molecule has 0 aromatic carbocycles. The molecule has 0 radical (unpaired) electrons. The van der Waals surface area contributed by atoms with Crippen molar-refractivity contribution in [2.45, 2.75) is 13.3 Å². The molecule has 7 heavy (non-hydrogen) atoms. The lowest BCUT2D eigenvalue weighted by molar-refractivity contribution is 0.698. The SMILES string of the molecule is CC/C(=C\F)CN. The van der Waals surface area contributed by atoms with Crippen molar-refractivity contribution in [3.05, 3.63) is 11.9 Å². The van der Waals surface area contributed by atoms with Crippen LogP contribution in [0.15, 0.2) is 11.9 Å². The first kappa shape index (κ1) is 6.63. The van der Waals surface area contributed by atoms with Gasteiger partial charge in [0.15, 0.2) is 0 Å². The Morgan fingerprint density at radius 1 is 1.86 bits per heavy atom. The zero-order chi connectivity index (χ0) is 5.70. The summed E-state index contributed by atoms with van der Waals surface area (Å²) in [5.74, 6) is 0. The maximum Gasteiger partial charge on any atom is 0.0871 e. The molecule has 2 N–H and O–H groups in total. The van der Waals surface area contributed by atoms with Crippen molar-refractivity contribution >= 4 is 0 Å². The lowest BCUT2D eigenvalue weighted by atomic mass is 10.2. The molecule has 0 aromatic heterocycles. The van der Waals surface area contributed by atoms with Crippen molar-refractivity contribution in [1.82, 2.24) is 0 Å². The first-order chi connectivity index (χ1) is 3.35. The van der Waals surface area contributed by atoms with Gasteiger partial charge in [0.05, 0.1) is 6.33 Å². The van der Waals surface area contributed by atoms with E-state index >= 15 is 0 Å². The highest BCUT2D eigenvalue weighted by Crippen LogP contribution is 1.95. The van der Waals surface area contributed by atoms with Crippen LogP contribution in [-0.4, -0.2) is 6.54 Å². The molecule has 0 unspecified atom stereocenters. The van der Waals surface area contributed by atoms with E-state index in [9.17, 15) is 4.39 Å². The van der Waals surface area contributed by atoms with Crippen molar-refractivity contribution in [2.24, 2.45) is 5.73 Å². The summed E-state index contributed by atoms with van der Waals surface area (Å²) in [6.45, 7) is 2.21. The summed E-state index contributed by atoms with van der Waals surface area (Å²) < 4.78 is 11.4. The van der Waals surface area contributed by atoms with E-state index in [1.807, 2.05) is 6.92 Å². The second-order valence-corrected chi connectivity index (χ2v) is 1.33. The van der Waals surface area contributed by atoms with Crippen LogP contribution in [-0.2, 0) is 0 Å². The molecule has 0 amide bonds. The molecule has 0 aliphatic carbocycles. The second-order valence-electron chi connectivity index (χ2n) is 1.33. The molecule has 0 rings (SSSR count). The van der Waals surface area contributed by atoms with Crippen LogP contribution in [0.1, 0.15) is 13.3 Å². The van der Waals surface area contributed by atoms with Gasteiger partial charge in [-0.1, -0.05) is 6.92 Å². The monoisotopic (exact) mass is 103 g/mol. The Bertz CT molecular complexity index is 62.5. The van der Waals surface area contributed by atoms with E-state index in [2.05, 4.69) is 0 Å². The number of hydrogen-bond donors (Lipinski definition) is 1. The molecule has 42 valence electrons. The van der Waals surface area contributed by atoms with Crippen LogP contribution < -0.4 is 5.73 Å². The van der Waals surface area contributed by atoms with E-state index in [0.717, 1.165) is 0 Å². The highest BCUT2D eigenvalue weighted by Gasteiger charge is 1.84. The lowest BCUT2D eigenvalue weighted by Crippen LogP contribution is -2.00. The molecule has 2 heteroatoms. The number of rotatable bonds is 2. The Morgan fingerprint density at radius 2 is 2.43 bits per heavy atom. The van der Waals surface area contributed by atoms with Crippen molar-refractivity contribution in [1.29, 1.82) is 0 Å². The molecule has 0 spiro atoms. The molecule has 0 aromatic rings. The summed E-state index contributed by atoms with van der Waals surface area (Å²) in [5.41, 5.74) is 5.75. The fraction of sp³-hybridized carbons (Fsp3) is 0.600. The van der Waals surface area contributed by atoms with Gasteiger partial charge in [0.2, 0.25) is 0 Å². The van der Waals surface area contributed by atoms with Crippen LogP contribution in [0.2, 0.25) is 0 Å². The third kappa shape index (κ3) is 2.34. The minimum absolute atomic E-state index is 0.340. The average Bonchev–Trinajstić information content (AvgIpc) is 1.72. The summed E-state index contributed by atoms with van der Waals surface area (Å²) in [4.78, 5) is 0. The van der Waals surface area contributed by atoms with Gasteiger partial charge < -0.3 is 5.73 Å². The standard InChI is InChI=1S/C5H10FN/c1-2-5(3-6)4-7/h3H,2,4,7H2,1H3/b5-3+. The lowest BCUT2D eigenvalue weighted by Gasteiger charge is -1.91. The first-order valence-electron chi connectivity index (χ1n) is 2.33. The van der Waals surface area contributed by atoms with Gasteiger partial charge in [0.1, 0.15) is 0 Å².